The Morgan fingerprint density at radius 1 is 1.09 bits per heavy atom. The van der Waals surface area contributed by atoms with Gasteiger partial charge < -0.3 is 10.4 Å². The standard InChI is InChI=1S/C26H27FN2O4S/c1-15(2)26(31)18-6-4-17(5-7-18)24-14-25(30)21-13-20(9-11-23(21)28-24)34(32,33)29-19-8-10-22(27)16(3)12-19/h4-13,15,24-25,28-30H,14H2,1-3H3. The van der Waals surface area contributed by atoms with Crippen molar-refractivity contribution in [2.45, 2.75) is 44.2 Å². The van der Waals surface area contributed by atoms with Crippen molar-refractivity contribution in [2.75, 3.05) is 10.0 Å². The van der Waals surface area contributed by atoms with Crippen molar-refractivity contribution >= 4 is 27.2 Å². The first-order valence-electron chi connectivity index (χ1n) is 11.1. The smallest absolute Gasteiger partial charge is 0.261 e. The predicted octanol–water partition coefficient (Wildman–Crippen LogP) is 5.36. The number of carbonyl (C=O) groups excluding carboxylic acids is 1. The zero-order chi connectivity index (χ0) is 24.6. The van der Waals surface area contributed by atoms with E-state index in [1.54, 1.807) is 25.1 Å². The number of halogens is 1. The zero-order valence-electron chi connectivity index (χ0n) is 19.2. The molecule has 3 N–H and O–H groups in total. The Morgan fingerprint density at radius 2 is 1.79 bits per heavy atom. The number of carbonyl (C=O) groups is 1. The molecule has 0 amide bonds. The summed E-state index contributed by atoms with van der Waals surface area (Å²) in [7, 11) is -3.93. The Labute approximate surface area is 198 Å². The lowest BCUT2D eigenvalue weighted by atomic mass is 9.90. The van der Waals surface area contributed by atoms with Gasteiger partial charge in [-0.05, 0) is 54.4 Å². The lowest BCUT2D eigenvalue weighted by Crippen LogP contribution is -2.22. The van der Waals surface area contributed by atoms with E-state index >= 15 is 0 Å². The van der Waals surface area contributed by atoms with Crippen LogP contribution in [0.5, 0.6) is 0 Å². The molecule has 0 saturated heterocycles. The van der Waals surface area contributed by atoms with Gasteiger partial charge in [0.1, 0.15) is 5.82 Å². The Hall–Kier alpha value is -3.23. The van der Waals surface area contributed by atoms with Crippen molar-refractivity contribution in [1.29, 1.82) is 0 Å². The van der Waals surface area contributed by atoms with Gasteiger partial charge in [0.05, 0.1) is 17.0 Å². The largest absolute Gasteiger partial charge is 0.388 e. The number of ketones is 1. The van der Waals surface area contributed by atoms with Gasteiger partial charge >= 0.3 is 0 Å². The highest BCUT2D eigenvalue weighted by atomic mass is 32.2. The number of Topliss-reactive ketones (excluding diaryl/α,β-unsaturated/α-hetero) is 1. The highest BCUT2D eigenvalue weighted by Gasteiger charge is 2.28. The number of aliphatic hydroxyl groups excluding tert-OH is 1. The summed E-state index contributed by atoms with van der Waals surface area (Å²) in [5.74, 6) is -0.423. The molecule has 0 aliphatic carbocycles. The summed E-state index contributed by atoms with van der Waals surface area (Å²) in [6.07, 6.45) is -0.528. The second-order valence-corrected chi connectivity index (χ2v) is 10.6. The van der Waals surface area contributed by atoms with Gasteiger partial charge in [0, 0.05) is 34.8 Å². The molecule has 2 unspecified atom stereocenters. The summed E-state index contributed by atoms with van der Waals surface area (Å²) in [6, 6.07) is 15.7. The summed E-state index contributed by atoms with van der Waals surface area (Å²) >= 11 is 0. The van der Waals surface area contributed by atoms with E-state index < -0.39 is 21.9 Å². The molecule has 6 nitrogen and oxygen atoms in total. The summed E-state index contributed by atoms with van der Waals surface area (Å²) in [6.45, 7) is 5.27. The van der Waals surface area contributed by atoms with Gasteiger partial charge in [0.25, 0.3) is 10.0 Å². The number of rotatable bonds is 6. The fourth-order valence-electron chi connectivity index (χ4n) is 4.07. The maximum atomic E-state index is 13.5. The fraction of sp³-hybridized carbons (Fsp3) is 0.269. The highest BCUT2D eigenvalue weighted by molar-refractivity contribution is 7.92. The van der Waals surface area contributed by atoms with Crippen molar-refractivity contribution in [2.24, 2.45) is 5.92 Å². The number of nitrogens with one attached hydrogen (secondary N) is 2. The number of sulfonamides is 1. The van der Waals surface area contributed by atoms with Crippen LogP contribution in [0.3, 0.4) is 0 Å². The van der Waals surface area contributed by atoms with Crippen LogP contribution in [0.2, 0.25) is 0 Å². The molecular formula is C26H27FN2O4S. The monoisotopic (exact) mass is 482 g/mol. The minimum Gasteiger partial charge on any atom is -0.388 e. The summed E-state index contributed by atoms with van der Waals surface area (Å²) < 4.78 is 41.7. The summed E-state index contributed by atoms with van der Waals surface area (Å²) in [5, 5.41) is 14.2. The molecule has 0 bridgehead atoms. The first-order chi connectivity index (χ1) is 16.0. The fourth-order valence-corrected chi connectivity index (χ4v) is 5.15. The van der Waals surface area contributed by atoms with Gasteiger partial charge in [-0.3, -0.25) is 9.52 Å². The van der Waals surface area contributed by atoms with E-state index in [9.17, 15) is 22.7 Å². The van der Waals surface area contributed by atoms with E-state index in [0.717, 1.165) is 5.56 Å². The average Bonchev–Trinajstić information content (AvgIpc) is 2.80. The number of hydrogen-bond donors (Lipinski definition) is 3. The Balaban J connectivity index is 1.55. The third-order valence-corrected chi connectivity index (χ3v) is 7.39. The lowest BCUT2D eigenvalue weighted by Gasteiger charge is -2.31. The molecule has 178 valence electrons. The van der Waals surface area contributed by atoms with E-state index in [1.165, 1.54) is 30.3 Å². The average molecular weight is 483 g/mol. The number of fused-ring (bicyclic) bond motifs is 1. The minimum atomic E-state index is -3.93. The molecule has 3 aromatic carbocycles. The number of anilines is 2. The molecule has 0 radical (unpaired) electrons. The molecule has 8 heteroatoms. The van der Waals surface area contributed by atoms with E-state index in [0.29, 0.717) is 28.8 Å². The Bertz CT molecular complexity index is 1340. The van der Waals surface area contributed by atoms with Crippen LogP contribution in [-0.4, -0.2) is 19.3 Å². The molecule has 4 rings (SSSR count). The normalized spacial score (nSPS) is 17.7. The second-order valence-electron chi connectivity index (χ2n) is 8.91. The van der Waals surface area contributed by atoms with Gasteiger partial charge in [-0.2, -0.15) is 0 Å². The Kier molecular flexibility index (Phi) is 6.47. The van der Waals surface area contributed by atoms with Gasteiger partial charge in [-0.1, -0.05) is 38.1 Å². The van der Waals surface area contributed by atoms with Crippen molar-refractivity contribution in [3.05, 3.63) is 88.7 Å². The number of hydrogen-bond acceptors (Lipinski definition) is 5. The van der Waals surface area contributed by atoms with Crippen LogP contribution in [0.1, 0.15) is 59.5 Å². The minimum absolute atomic E-state index is 0.00378. The van der Waals surface area contributed by atoms with Crippen LogP contribution in [0.25, 0.3) is 0 Å². The van der Waals surface area contributed by atoms with Crippen LogP contribution in [0, 0.1) is 18.7 Å². The predicted molar refractivity (Wildman–Crippen MR) is 130 cm³/mol. The van der Waals surface area contributed by atoms with Crippen LogP contribution >= 0.6 is 0 Å². The maximum Gasteiger partial charge on any atom is 0.261 e. The van der Waals surface area contributed by atoms with Gasteiger partial charge in [-0.25, -0.2) is 12.8 Å². The number of aryl methyl sites for hydroxylation is 1. The molecule has 1 aliphatic rings. The SMILES string of the molecule is Cc1cc(NS(=O)(=O)c2ccc3c(c2)C(O)CC(c2ccc(C(=O)C(C)C)cc2)N3)ccc1F. The first-order valence-corrected chi connectivity index (χ1v) is 12.5. The molecule has 0 fully saturated rings. The van der Waals surface area contributed by atoms with E-state index in [1.807, 2.05) is 26.0 Å². The molecule has 1 aliphatic heterocycles. The Morgan fingerprint density at radius 3 is 2.44 bits per heavy atom. The first kappa shape index (κ1) is 23.9. The van der Waals surface area contributed by atoms with Crippen LogP contribution in [0.4, 0.5) is 15.8 Å². The third-order valence-electron chi connectivity index (χ3n) is 6.01. The van der Waals surface area contributed by atoms with Gasteiger partial charge in [0.15, 0.2) is 5.78 Å². The zero-order valence-corrected chi connectivity index (χ0v) is 20.0. The van der Waals surface area contributed by atoms with E-state index in [2.05, 4.69) is 10.0 Å². The number of benzene rings is 3. The molecule has 34 heavy (non-hydrogen) atoms. The van der Waals surface area contributed by atoms with E-state index in [4.69, 9.17) is 0 Å². The van der Waals surface area contributed by atoms with Crippen LogP contribution in [0.15, 0.2) is 65.6 Å². The van der Waals surface area contributed by atoms with Crippen molar-refractivity contribution in [3.8, 4) is 0 Å². The molecule has 0 spiro atoms. The topological polar surface area (TPSA) is 95.5 Å². The third kappa shape index (κ3) is 4.83. The molecule has 0 aromatic heterocycles. The van der Waals surface area contributed by atoms with E-state index in [-0.39, 0.29) is 28.3 Å². The number of aliphatic hydroxyl groups is 1. The molecule has 2 atom stereocenters. The van der Waals surface area contributed by atoms with Crippen LogP contribution < -0.4 is 10.0 Å². The highest BCUT2D eigenvalue weighted by Crippen LogP contribution is 2.40. The quantitative estimate of drug-likeness (QED) is 0.411. The van der Waals surface area contributed by atoms with Crippen LogP contribution in [-0.2, 0) is 10.0 Å². The van der Waals surface area contributed by atoms with Crippen molar-refractivity contribution in [1.82, 2.24) is 0 Å². The second kappa shape index (κ2) is 9.19. The molecule has 3 aromatic rings. The van der Waals surface area contributed by atoms with Gasteiger partial charge in [-0.15, -0.1) is 0 Å². The summed E-state index contributed by atoms with van der Waals surface area (Å²) in [4.78, 5) is 12.2. The maximum absolute atomic E-state index is 13.5. The van der Waals surface area contributed by atoms with Crippen molar-refractivity contribution < 1.29 is 22.7 Å². The molecule has 1 heterocycles. The summed E-state index contributed by atoms with van der Waals surface area (Å²) in [5.41, 5.74) is 3.29. The lowest BCUT2D eigenvalue weighted by molar-refractivity contribution is 0.0939. The van der Waals surface area contributed by atoms with Crippen molar-refractivity contribution in [3.63, 3.8) is 0 Å². The molecule has 0 saturated carbocycles. The van der Waals surface area contributed by atoms with Gasteiger partial charge in [0.2, 0.25) is 0 Å². The molecular weight excluding hydrogens is 455 g/mol.